The van der Waals surface area contributed by atoms with Crippen molar-refractivity contribution in [2.45, 2.75) is 52.7 Å². The lowest BCUT2D eigenvalue weighted by Crippen LogP contribution is -2.42. The molecule has 0 aliphatic carbocycles. The van der Waals surface area contributed by atoms with E-state index in [1.54, 1.807) is 63.6 Å². The van der Waals surface area contributed by atoms with Gasteiger partial charge in [0.15, 0.2) is 0 Å². The molecule has 0 fully saturated rings. The molecule has 0 saturated heterocycles. The van der Waals surface area contributed by atoms with Crippen LogP contribution in [0.15, 0.2) is 24.3 Å². The van der Waals surface area contributed by atoms with Gasteiger partial charge in [-0.15, -0.1) is 0 Å². The fourth-order valence-corrected chi connectivity index (χ4v) is 2.64. The van der Waals surface area contributed by atoms with Crippen molar-refractivity contribution in [2.24, 2.45) is 0 Å². The van der Waals surface area contributed by atoms with Crippen LogP contribution in [0.2, 0.25) is 0 Å². The number of benzene rings is 1. The van der Waals surface area contributed by atoms with Gasteiger partial charge in [0.25, 0.3) is 0 Å². The number of nitrogens with one attached hydrogen (secondary N) is 2. The van der Waals surface area contributed by atoms with Gasteiger partial charge < -0.3 is 9.47 Å². The van der Waals surface area contributed by atoms with Crippen LogP contribution in [0.5, 0.6) is 0 Å². The molecule has 1 unspecified atom stereocenters. The number of amides is 1. The molecule has 1 atom stereocenters. The zero-order valence-corrected chi connectivity index (χ0v) is 16.5. The van der Waals surface area contributed by atoms with E-state index in [-0.39, 0.29) is 12.5 Å². The van der Waals surface area contributed by atoms with Gasteiger partial charge in [0.1, 0.15) is 5.60 Å². The minimum absolute atomic E-state index is 0.0216. The molecule has 1 rings (SSSR count). The molecule has 9 heteroatoms. The zero-order chi connectivity index (χ0) is 20.0. The predicted octanol–water partition coefficient (Wildman–Crippen LogP) is 2.21. The van der Waals surface area contributed by atoms with E-state index in [9.17, 15) is 18.0 Å². The molecular formula is C17H26N2O6S. The number of carbonyl (C=O) groups excluding carboxylic acids is 2. The first-order chi connectivity index (χ1) is 11.9. The average molecular weight is 386 g/mol. The number of ether oxygens (including phenoxy) is 2. The van der Waals surface area contributed by atoms with Crippen molar-refractivity contribution in [3.63, 3.8) is 0 Å². The Morgan fingerprint density at radius 2 is 1.73 bits per heavy atom. The molecule has 146 valence electrons. The van der Waals surface area contributed by atoms with Crippen molar-refractivity contribution >= 4 is 22.3 Å². The molecule has 0 bridgehead atoms. The van der Waals surface area contributed by atoms with E-state index in [2.05, 4.69) is 4.72 Å². The Balaban J connectivity index is 2.62. The highest BCUT2D eigenvalue weighted by Crippen LogP contribution is 2.17. The summed E-state index contributed by atoms with van der Waals surface area (Å²) in [5.41, 5.74) is 0.631. The Kier molecular flexibility index (Phi) is 7.58. The number of carbonyl (C=O) groups is 2. The first-order valence-electron chi connectivity index (χ1n) is 8.19. The highest BCUT2D eigenvalue weighted by atomic mass is 32.2. The third kappa shape index (κ3) is 7.83. The maximum Gasteiger partial charge on any atom is 0.422 e. The van der Waals surface area contributed by atoms with Crippen molar-refractivity contribution in [3.8, 4) is 0 Å². The first kappa shape index (κ1) is 21.9. The van der Waals surface area contributed by atoms with Crippen LogP contribution < -0.4 is 9.44 Å². The Hall–Kier alpha value is -2.13. The summed E-state index contributed by atoms with van der Waals surface area (Å²) in [7, 11) is -4.05. The predicted molar refractivity (Wildman–Crippen MR) is 96.6 cm³/mol. The minimum Gasteiger partial charge on any atom is -0.466 e. The monoisotopic (exact) mass is 386 g/mol. The summed E-state index contributed by atoms with van der Waals surface area (Å²) in [6.45, 7) is 8.66. The van der Waals surface area contributed by atoms with E-state index in [1.807, 2.05) is 0 Å². The largest absolute Gasteiger partial charge is 0.466 e. The molecule has 0 spiro atoms. The van der Waals surface area contributed by atoms with Gasteiger partial charge in [0, 0.05) is 6.54 Å². The SMILES string of the molecule is CCOC(=O)C(C)c1ccc(CNS(=O)(=O)NC(=O)OC(C)(C)C)cc1. The van der Waals surface area contributed by atoms with Crippen molar-refractivity contribution in [3.05, 3.63) is 35.4 Å². The number of esters is 1. The molecule has 1 amide bonds. The Morgan fingerprint density at radius 1 is 1.15 bits per heavy atom. The van der Waals surface area contributed by atoms with Crippen molar-refractivity contribution in [1.82, 2.24) is 9.44 Å². The van der Waals surface area contributed by atoms with Gasteiger partial charge in [0.2, 0.25) is 0 Å². The normalized spacial score (nSPS) is 13.0. The quantitative estimate of drug-likeness (QED) is 0.695. The summed E-state index contributed by atoms with van der Waals surface area (Å²) in [5, 5.41) is 0. The zero-order valence-electron chi connectivity index (χ0n) is 15.7. The van der Waals surface area contributed by atoms with Crippen molar-refractivity contribution < 1.29 is 27.5 Å². The van der Waals surface area contributed by atoms with E-state index in [1.165, 1.54) is 0 Å². The van der Waals surface area contributed by atoms with E-state index >= 15 is 0 Å². The van der Waals surface area contributed by atoms with Crippen LogP contribution in [-0.2, 0) is 31.0 Å². The van der Waals surface area contributed by atoms with Crippen LogP contribution in [0.25, 0.3) is 0 Å². The molecule has 1 aromatic carbocycles. The summed E-state index contributed by atoms with van der Waals surface area (Å²) < 4.78 is 37.6. The topological polar surface area (TPSA) is 111 Å². The maximum absolute atomic E-state index is 11.9. The van der Waals surface area contributed by atoms with Crippen LogP contribution in [0.4, 0.5) is 4.79 Å². The molecule has 8 nitrogen and oxygen atoms in total. The number of hydrogen-bond donors (Lipinski definition) is 2. The van der Waals surface area contributed by atoms with E-state index in [4.69, 9.17) is 9.47 Å². The first-order valence-corrected chi connectivity index (χ1v) is 9.67. The standard InChI is InChI=1S/C17H26N2O6S/c1-6-24-15(20)12(2)14-9-7-13(8-10-14)11-18-26(22,23)19-16(21)25-17(3,4)5/h7-10,12,18H,6,11H2,1-5H3,(H,19,21). The van der Waals surface area contributed by atoms with Gasteiger partial charge in [-0.05, 0) is 45.7 Å². The fraction of sp³-hybridized carbons (Fsp3) is 0.529. The van der Waals surface area contributed by atoms with Crippen molar-refractivity contribution in [2.75, 3.05) is 6.61 Å². The van der Waals surface area contributed by atoms with Crippen LogP contribution in [0.1, 0.15) is 51.7 Å². The van der Waals surface area contributed by atoms with Gasteiger partial charge in [-0.25, -0.2) is 9.52 Å². The highest BCUT2D eigenvalue weighted by molar-refractivity contribution is 7.88. The second kappa shape index (κ2) is 9.00. The Morgan fingerprint density at radius 3 is 2.23 bits per heavy atom. The molecule has 0 saturated carbocycles. The lowest BCUT2D eigenvalue weighted by molar-refractivity contribution is -0.144. The summed E-state index contributed by atoms with van der Waals surface area (Å²) in [5.74, 6) is -0.725. The summed E-state index contributed by atoms with van der Waals surface area (Å²) in [6, 6.07) is 6.85. The molecule has 26 heavy (non-hydrogen) atoms. The molecule has 2 N–H and O–H groups in total. The van der Waals surface area contributed by atoms with Gasteiger partial charge in [0.05, 0.1) is 12.5 Å². The number of hydrogen-bond acceptors (Lipinski definition) is 6. The van der Waals surface area contributed by atoms with E-state index < -0.39 is 27.8 Å². The lowest BCUT2D eigenvalue weighted by atomic mass is 10.00. The Bertz CT molecular complexity index is 723. The van der Waals surface area contributed by atoms with Crippen LogP contribution in [0, 0.1) is 0 Å². The van der Waals surface area contributed by atoms with E-state index in [0.717, 1.165) is 5.56 Å². The molecule has 0 radical (unpaired) electrons. The highest BCUT2D eigenvalue weighted by Gasteiger charge is 2.21. The van der Waals surface area contributed by atoms with Crippen LogP contribution >= 0.6 is 0 Å². The number of rotatable bonds is 7. The molecule has 0 aromatic heterocycles. The van der Waals surface area contributed by atoms with Gasteiger partial charge in [-0.2, -0.15) is 13.1 Å². The third-order valence-electron chi connectivity index (χ3n) is 3.20. The second-order valence-corrected chi connectivity index (χ2v) is 8.14. The maximum atomic E-state index is 11.9. The fourth-order valence-electron chi connectivity index (χ4n) is 1.95. The van der Waals surface area contributed by atoms with E-state index in [0.29, 0.717) is 12.2 Å². The van der Waals surface area contributed by atoms with Crippen LogP contribution in [0.3, 0.4) is 0 Å². The summed E-state index contributed by atoms with van der Waals surface area (Å²) >= 11 is 0. The van der Waals surface area contributed by atoms with Gasteiger partial charge in [-0.3, -0.25) is 4.79 Å². The van der Waals surface area contributed by atoms with Gasteiger partial charge in [-0.1, -0.05) is 24.3 Å². The molecule has 1 aromatic rings. The molecular weight excluding hydrogens is 360 g/mol. The summed E-state index contributed by atoms with van der Waals surface area (Å²) in [4.78, 5) is 23.2. The second-order valence-electron chi connectivity index (χ2n) is 6.64. The summed E-state index contributed by atoms with van der Waals surface area (Å²) in [6.07, 6.45) is -1.05. The Labute approximate surface area is 154 Å². The molecule has 0 aliphatic heterocycles. The minimum atomic E-state index is -4.05. The average Bonchev–Trinajstić information content (AvgIpc) is 2.50. The third-order valence-corrected chi connectivity index (χ3v) is 4.16. The molecule has 0 heterocycles. The van der Waals surface area contributed by atoms with Gasteiger partial charge >= 0.3 is 22.3 Å². The van der Waals surface area contributed by atoms with Crippen molar-refractivity contribution in [1.29, 1.82) is 0 Å². The smallest absolute Gasteiger partial charge is 0.422 e. The lowest BCUT2D eigenvalue weighted by Gasteiger charge is -2.19. The van der Waals surface area contributed by atoms with Crippen LogP contribution in [-0.4, -0.2) is 32.7 Å². The molecule has 0 aliphatic rings.